The maximum atomic E-state index is 14.3. The van der Waals surface area contributed by atoms with E-state index >= 15 is 0 Å². The van der Waals surface area contributed by atoms with Gasteiger partial charge in [0.25, 0.3) is 0 Å². The van der Waals surface area contributed by atoms with Gasteiger partial charge in [0, 0.05) is 36.8 Å². The minimum atomic E-state index is -0.747. The highest BCUT2D eigenvalue weighted by Crippen LogP contribution is 2.35. The lowest BCUT2D eigenvalue weighted by atomic mass is 9.96. The lowest BCUT2D eigenvalue weighted by molar-refractivity contribution is -0.138. The molecule has 238 valence electrons. The number of ketones is 1. The number of hydrogen-bond donors (Lipinski definition) is 1. The molecule has 6 rings (SSSR count). The van der Waals surface area contributed by atoms with E-state index < -0.39 is 6.04 Å². The van der Waals surface area contributed by atoms with Gasteiger partial charge in [0.1, 0.15) is 34.5 Å². The van der Waals surface area contributed by atoms with Crippen molar-refractivity contribution in [3.05, 3.63) is 70.6 Å². The van der Waals surface area contributed by atoms with Crippen molar-refractivity contribution in [3.8, 4) is 11.3 Å². The average Bonchev–Trinajstić information content (AvgIpc) is 3.56. The SMILES string of the molecule is C=C[C@@H]1[C@@H](CN2CCC2)C[C@@H](C(=O)Nc2nc(Br)ccc2C)N1C(=O)Cn1nc(C(C)=O)c2cc(-c3cnc(C)nc3)nc(C)c21. The Labute approximate surface area is 275 Å². The molecular weight excluding hydrogens is 650 g/mol. The van der Waals surface area contributed by atoms with E-state index in [0.29, 0.717) is 50.5 Å². The first-order chi connectivity index (χ1) is 22.0. The maximum absolute atomic E-state index is 14.3. The van der Waals surface area contributed by atoms with Crippen LogP contribution in [0.15, 0.2) is 47.9 Å². The van der Waals surface area contributed by atoms with Crippen molar-refractivity contribution in [2.24, 2.45) is 5.92 Å². The molecule has 4 aromatic rings. The van der Waals surface area contributed by atoms with Crippen molar-refractivity contribution in [3.63, 3.8) is 0 Å². The standard InChI is InChI=1S/C33H36BrN9O3/c1-6-26-22(16-41-10-7-11-41)12-27(33(46)39-32-18(2)8-9-28(34)38-32)43(26)29(45)17-42-31-19(3)37-25(23-14-35-21(5)36-15-23)13-24(31)30(40-42)20(4)44/h6,8-9,13-15,22,26-27H,1,7,10-12,16-17H2,2-5H3,(H,38,39,46)/t22-,26-,27+/m1/s1. The molecule has 12 nitrogen and oxygen atoms in total. The Balaban J connectivity index is 1.35. The summed E-state index contributed by atoms with van der Waals surface area (Å²) in [5.74, 6) is 0.260. The van der Waals surface area contributed by atoms with E-state index in [2.05, 4.69) is 52.8 Å². The van der Waals surface area contributed by atoms with Gasteiger partial charge in [-0.15, -0.1) is 6.58 Å². The molecule has 0 radical (unpaired) electrons. The molecule has 0 spiro atoms. The van der Waals surface area contributed by atoms with Crippen LogP contribution < -0.4 is 5.32 Å². The second kappa shape index (κ2) is 12.8. The summed E-state index contributed by atoms with van der Waals surface area (Å²) in [5.41, 5.74) is 3.54. The molecular formula is C33H36BrN9O3. The van der Waals surface area contributed by atoms with Crippen molar-refractivity contribution >= 4 is 50.2 Å². The molecule has 2 aliphatic rings. The van der Waals surface area contributed by atoms with E-state index in [1.54, 1.807) is 36.4 Å². The van der Waals surface area contributed by atoms with Crippen molar-refractivity contribution < 1.29 is 14.4 Å². The van der Waals surface area contributed by atoms with E-state index in [9.17, 15) is 14.4 Å². The third-order valence-electron chi connectivity index (χ3n) is 8.84. The van der Waals surface area contributed by atoms with E-state index in [1.807, 2.05) is 26.0 Å². The van der Waals surface area contributed by atoms with Gasteiger partial charge in [-0.25, -0.2) is 15.0 Å². The van der Waals surface area contributed by atoms with E-state index in [-0.39, 0.29) is 41.8 Å². The van der Waals surface area contributed by atoms with Crippen LogP contribution in [0.1, 0.15) is 47.3 Å². The van der Waals surface area contributed by atoms with Gasteiger partial charge in [-0.2, -0.15) is 5.10 Å². The number of nitrogens with one attached hydrogen (secondary N) is 1. The molecule has 4 aromatic heterocycles. The number of aryl methyl sites for hydroxylation is 3. The molecule has 6 heterocycles. The molecule has 2 saturated heterocycles. The van der Waals surface area contributed by atoms with Gasteiger partial charge in [-0.3, -0.25) is 24.0 Å². The van der Waals surface area contributed by atoms with Crippen LogP contribution in [-0.4, -0.2) is 88.8 Å². The molecule has 0 bridgehead atoms. The Morgan fingerprint density at radius 1 is 1.11 bits per heavy atom. The summed E-state index contributed by atoms with van der Waals surface area (Å²) in [6.07, 6.45) is 6.77. The molecule has 46 heavy (non-hydrogen) atoms. The Hall–Kier alpha value is -4.36. The van der Waals surface area contributed by atoms with Gasteiger partial charge in [-0.1, -0.05) is 12.1 Å². The highest BCUT2D eigenvalue weighted by molar-refractivity contribution is 9.10. The molecule has 0 aromatic carbocycles. The quantitative estimate of drug-likeness (QED) is 0.155. The number of amides is 2. The number of fused-ring (bicyclic) bond motifs is 1. The summed E-state index contributed by atoms with van der Waals surface area (Å²) in [7, 11) is 0. The predicted octanol–water partition coefficient (Wildman–Crippen LogP) is 4.29. The van der Waals surface area contributed by atoms with Crippen LogP contribution in [0.25, 0.3) is 22.2 Å². The lowest BCUT2D eigenvalue weighted by Gasteiger charge is -2.35. The van der Waals surface area contributed by atoms with Crippen LogP contribution in [0.2, 0.25) is 0 Å². The van der Waals surface area contributed by atoms with Crippen LogP contribution in [0.3, 0.4) is 0 Å². The molecule has 2 aliphatic heterocycles. The van der Waals surface area contributed by atoms with Crippen LogP contribution in [-0.2, 0) is 16.1 Å². The van der Waals surface area contributed by atoms with E-state index in [0.717, 1.165) is 31.6 Å². The van der Waals surface area contributed by atoms with Crippen molar-refractivity contribution in [2.75, 3.05) is 25.0 Å². The van der Waals surface area contributed by atoms with Crippen molar-refractivity contribution in [1.29, 1.82) is 0 Å². The highest BCUT2D eigenvalue weighted by Gasteiger charge is 2.46. The molecule has 0 unspecified atom stereocenters. The number of likely N-dealkylation sites (tertiary alicyclic amines) is 2. The molecule has 0 saturated carbocycles. The maximum Gasteiger partial charge on any atom is 0.248 e. The van der Waals surface area contributed by atoms with Crippen molar-refractivity contribution in [2.45, 2.75) is 59.2 Å². The van der Waals surface area contributed by atoms with Crippen LogP contribution >= 0.6 is 15.9 Å². The number of hydrogen-bond acceptors (Lipinski definition) is 9. The molecule has 2 amide bonds. The van der Waals surface area contributed by atoms with E-state index in [4.69, 9.17) is 4.98 Å². The average molecular weight is 687 g/mol. The van der Waals surface area contributed by atoms with Crippen LogP contribution in [0.5, 0.6) is 0 Å². The third-order valence-corrected chi connectivity index (χ3v) is 9.28. The second-order valence-corrected chi connectivity index (χ2v) is 12.9. The number of carbonyl (C=O) groups excluding carboxylic acids is 3. The minimum absolute atomic E-state index is 0.0268. The van der Waals surface area contributed by atoms with E-state index in [1.165, 1.54) is 11.6 Å². The number of pyridine rings is 2. The fraction of sp³-hybridized carbons (Fsp3) is 0.394. The Kier molecular flexibility index (Phi) is 8.80. The number of aromatic nitrogens is 6. The first-order valence-electron chi connectivity index (χ1n) is 15.3. The summed E-state index contributed by atoms with van der Waals surface area (Å²) in [4.78, 5) is 62.7. The molecule has 3 atom stereocenters. The van der Waals surface area contributed by atoms with Gasteiger partial charge in [-0.05, 0) is 86.2 Å². The van der Waals surface area contributed by atoms with Crippen molar-refractivity contribution in [1.82, 2.24) is 39.5 Å². The normalized spacial score (nSPS) is 19.7. The van der Waals surface area contributed by atoms with Gasteiger partial charge < -0.3 is 15.1 Å². The Morgan fingerprint density at radius 3 is 2.50 bits per heavy atom. The zero-order chi connectivity index (χ0) is 32.7. The predicted molar refractivity (Wildman–Crippen MR) is 177 cm³/mol. The number of carbonyl (C=O) groups is 3. The Bertz CT molecular complexity index is 1850. The third kappa shape index (κ3) is 6.08. The number of Topliss-reactive ketones (excluding diaryl/α,β-unsaturated/α-hetero) is 1. The molecule has 1 N–H and O–H groups in total. The van der Waals surface area contributed by atoms with Crippen LogP contribution in [0, 0.1) is 26.7 Å². The summed E-state index contributed by atoms with van der Waals surface area (Å²) < 4.78 is 2.13. The monoisotopic (exact) mass is 685 g/mol. The smallest absolute Gasteiger partial charge is 0.248 e. The molecule has 0 aliphatic carbocycles. The number of halogens is 1. The topological polar surface area (TPSA) is 139 Å². The van der Waals surface area contributed by atoms with Gasteiger partial charge >= 0.3 is 0 Å². The van der Waals surface area contributed by atoms with Gasteiger partial charge in [0.2, 0.25) is 11.8 Å². The summed E-state index contributed by atoms with van der Waals surface area (Å²) >= 11 is 3.38. The number of rotatable bonds is 9. The lowest BCUT2D eigenvalue weighted by Crippen LogP contribution is -2.49. The zero-order valence-corrected chi connectivity index (χ0v) is 27.9. The first kappa shape index (κ1) is 31.6. The number of nitrogens with zero attached hydrogens (tertiary/aromatic N) is 8. The van der Waals surface area contributed by atoms with Gasteiger partial charge in [0.15, 0.2) is 5.78 Å². The minimum Gasteiger partial charge on any atom is -0.322 e. The molecule has 2 fully saturated rings. The molecule has 13 heteroatoms. The summed E-state index contributed by atoms with van der Waals surface area (Å²) in [6.45, 7) is 13.6. The zero-order valence-electron chi connectivity index (χ0n) is 26.3. The first-order valence-corrected chi connectivity index (χ1v) is 16.1. The largest absolute Gasteiger partial charge is 0.322 e. The summed E-state index contributed by atoms with van der Waals surface area (Å²) in [5, 5.41) is 8.16. The van der Waals surface area contributed by atoms with Gasteiger partial charge in [0.05, 0.1) is 22.9 Å². The fourth-order valence-corrected chi connectivity index (χ4v) is 6.73. The number of anilines is 1. The van der Waals surface area contributed by atoms with Crippen LogP contribution in [0.4, 0.5) is 5.82 Å². The summed E-state index contributed by atoms with van der Waals surface area (Å²) in [6, 6.07) is 4.36. The fourth-order valence-electron chi connectivity index (χ4n) is 6.42. The Morgan fingerprint density at radius 2 is 1.85 bits per heavy atom. The highest BCUT2D eigenvalue weighted by atomic mass is 79.9. The second-order valence-electron chi connectivity index (χ2n) is 12.1.